The maximum Gasteiger partial charge on any atom is 0.208 e. The van der Waals surface area contributed by atoms with Crippen LogP contribution in [0.15, 0.2) is 10.2 Å². The van der Waals surface area contributed by atoms with Crippen molar-refractivity contribution in [2.45, 2.75) is 0 Å². The van der Waals surface area contributed by atoms with E-state index >= 15 is 0 Å². The van der Waals surface area contributed by atoms with Crippen LogP contribution in [0.5, 0.6) is 0 Å². The lowest BCUT2D eigenvalue weighted by Crippen LogP contribution is -2.23. The minimum atomic E-state index is -0.0926. The van der Waals surface area contributed by atoms with Crippen LogP contribution in [0.3, 0.4) is 0 Å². The topological polar surface area (TPSA) is 181 Å². The molecule has 0 saturated heterocycles. The molecule has 0 aromatic rings. The van der Waals surface area contributed by atoms with Crippen molar-refractivity contribution < 1.29 is 0 Å². The molecule has 0 aliphatic rings. The summed E-state index contributed by atoms with van der Waals surface area (Å²) in [5.74, 6) is 8.83. The van der Waals surface area contributed by atoms with Crippen LogP contribution in [0.1, 0.15) is 0 Å². The van der Waals surface area contributed by atoms with E-state index in [2.05, 4.69) is 21.9 Å². The van der Waals surface area contributed by atoms with Gasteiger partial charge in [0.1, 0.15) is 0 Å². The number of nitrogens with two attached hydrogens (primary N) is 6. The van der Waals surface area contributed by atoms with Gasteiger partial charge in [0.15, 0.2) is 0 Å². The molecule has 0 aromatic heterocycles. The SMILES string of the molecule is NN=C(N)N.NN=C(N)N. The Morgan fingerprint density at radius 1 is 0.700 bits per heavy atom. The fourth-order valence-electron chi connectivity index (χ4n) is 0. The van der Waals surface area contributed by atoms with Gasteiger partial charge in [-0.25, -0.2) is 0 Å². The largest absolute Gasteiger partial charge is 0.369 e. The van der Waals surface area contributed by atoms with Gasteiger partial charge in [-0.1, -0.05) is 0 Å². The quantitative estimate of drug-likeness (QED) is 0.0887. The second kappa shape index (κ2) is 7.14. The van der Waals surface area contributed by atoms with Crippen LogP contribution in [-0.4, -0.2) is 11.9 Å². The van der Waals surface area contributed by atoms with Crippen molar-refractivity contribution in [1.29, 1.82) is 0 Å². The summed E-state index contributed by atoms with van der Waals surface area (Å²) in [7, 11) is 0. The molecule has 0 amide bonds. The molecule has 8 nitrogen and oxygen atoms in total. The average molecular weight is 148 g/mol. The summed E-state index contributed by atoms with van der Waals surface area (Å²) in [5, 5.41) is 5.72. The Morgan fingerprint density at radius 2 is 0.800 bits per heavy atom. The van der Waals surface area contributed by atoms with Gasteiger partial charge in [-0.15, -0.1) is 10.2 Å². The summed E-state index contributed by atoms with van der Waals surface area (Å²) in [6.45, 7) is 0. The van der Waals surface area contributed by atoms with Gasteiger partial charge in [-0.05, 0) is 0 Å². The average Bonchev–Trinajstić information content (AvgIpc) is 1.89. The third kappa shape index (κ3) is 35.4. The highest BCUT2D eigenvalue weighted by Crippen LogP contribution is 1.31. The summed E-state index contributed by atoms with van der Waals surface area (Å²) in [6.07, 6.45) is 0. The molecule has 60 valence electrons. The van der Waals surface area contributed by atoms with Crippen LogP contribution in [0.25, 0.3) is 0 Å². The fraction of sp³-hybridized carbons (Fsp3) is 0. The van der Waals surface area contributed by atoms with Crippen molar-refractivity contribution in [3.8, 4) is 0 Å². The Morgan fingerprint density at radius 3 is 0.800 bits per heavy atom. The molecular formula is C2H12N8. The van der Waals surface area contributed by atoms with Crippen LogP contribution < -0.4 is 34.6 Å². The summed E-state index contributed by atoms with van der Waals surface area (Å²) in [4.78, 5) is 0. The van der Waals surface area contributed by atoms with Gasteiger partial charge in [0.2, 0.25) is 11.9 Å². The number of hydrogen-bond acceptors (Lipinski definition) is 4. The lowest BCUT2D eigenvalue weighted by Gasteiger charge is -1.76. The molecule has 12 N–H and O–H groups in total. The third-order valence-electron chi connectivity index (χ3n) is 0.298. The van der Waals surface area contributed by atoms with Crippen molar-refractivity contribution in [3.05, 3.63) is 0 Å². The van der Waals surface area contributed by atoms with Crippen molar-refractivity contribution in [2.75, 3.05) is 0 Å². The summed E-state index contributed by atoms with van der Waals surface area (Å²) in [5.41, 5.74) is 18.8. The van der Waals surface area contributed by atoms with Crippen LogP contribution in [0, 0.1) is 0 Å². The molecule has 0 rings (SSSR count). The summed E-state index contributed by atoms with van der Waals surface area (Å²) < 4.78 is 0. The van der Waals surface area contributed by atoms with Crippen LogP contribution in [-0.2, 0) is 0 Å². The zero-order valence-corrected chi connectivity index (χ0v) is 5.36. The number of nitrogens with zero attached hydrogens (tertiary/aromatic N) is 2. The molecule has 0 radical (unpaired) electrons. The molecular weight excluding hydrogens is 136 g/mol. The predicted octanol–water partition coefficient (Wildman–Crippen LogP) is -3.73. The smallest absolute Gasteiger partial charge is 0.208 e. The zero-order chi connectivity index (χ0) is 8.57. The Balaban J connectivity index is 0. The molecule has 0 aliphatic carbocycles. The van der Waals surface area contributed by atoms with E-state index < -0.39 is 0 Å². The van der Waals surface area contributed by atoms with E-state index in [4.69, 9.17) is 22.9 Å². The van der Waals surface area contributed by atoms with Gasteiger partial charge >= 0.3 is 0 Å². The second-order valence-corrected chi connectivity index (χ2v) is 1.11. The molecule has 0 aromatic carbocycles. The minimum Gasteiger partial charge on any atom is -0.369 e. The monoisotopic (exact) mass is 148 g/mol. The van der Waals surface area contributed by atoms with Crippen molar-refractivity contribution in [2.24, 2.45) is 44.8 Å². The molecule has 0 unspecified atom stereocenters. The van der Waals surface area contributed by atoms with E-state index in [1.54, 1.807) is 0 Å². The van der Waals surface area contributed by atoms with Gasteiger partial charge in [-0.3, -0.25) is 0 Å². The highest BCUT2D eigenvalue weighted by molar-refractivity contribution is 5.75. The molecule has 0 atom stereocenters. The van der Waals surface area contributed by atoms with Gasteiger partial charge in [0.25, 0.3) is 0 Å². The van der Waals surface area contributed by atoms with E-state index in [-0.39, 0.29) is 11.9 Å². The number of hydrazone groups is 2. The molecule has 0 heterocycles. The lowest BCUT2D eigenvalue weighted by atomic mass is 11.1. The summed E-state index contributed by atoms with van der Waals surface area (Å²) >= 11 is 0. The van der Waals surface area contributed by atoms with Gasteiger partial charge in [-0.2, -0.15) is 0 Å². The van der Waals surface area contributed by atoms with E-state index in [9.17, 15) is 0 Å². The molecule has 0 bridgehead atoms. The maximum atomic E-state index is 4.69. The first-order chi connectivity index (χ1) is 4.54. The maximum absolute atomic E-state index is 4.69. The molecule has 0 spiro atoms. The summed E-state index contributed by atoms with van der Waals surface area (Å²) in [6, 6.07) is 0. The Kier molecular flexibility index (Phi) is 7.86. The number of hydrogen-bond donors (Lipinski definition) is 6. The van der Waals surface area contributed by atoms with E-state index in [0.29, 0.717) is 0 Å². The number of guanidine groups is 2. The molecule has 0 aliphatic heterocycles. The molecule has 10 heavy (non-hydrogen) atoms. The van der Waals surface area contributed by atoms with Gasteiger partial charge in [0.05, 0.1) is 0 Å². The first-order valence-corrected chi connectivity index (χ1v) is 2.12. The fourth-order valence-corrected chi connectivity index (χ4v) is 0. The highest BCUT2D eigenvalue weighted by atomic mass is 15.2. The van der Waals surface area contributed by atoms with Gasteiger partial charge in [0, 0.05) is 0 Å². The standard InChI is InChI=1S/2CH6N4/c2*2-1(3)5-4/h2*4H2,(H4,2,3,5). The van der Waals surface area contributed by atoms with Crippen molar-refractivity contribution in [3.63, 3.8) is 0 Å². The molecule has 0 saturated carbocycles. The normalized spacial score (nSPS) is 6.40. The van der Waals surface area contributed by atoms with Crippen LogP contribution >= 0.6 is 0 Å². The Hall–Kier alpha value is -1.86. The zero-order valence-electron chi connectivity index (χ0n) is 5.36. The first kappa shape index (κ1) is 11.0. The van der Waals surface area contributed by atoms with Crippen molar-refractivity contribution in [1.82, 2.24) is 0 Å². The van der Waals surface area contributed by atoms with E-state index in [0.717, 1.165) is 0 Å². The highest BCUT2D eigenvalue weighted by Gasteiger charge is 1.62. The van der Waals surface area contributed by atoms with Crippen LogP contribution in [0.4, 0.5) is 0 Å². The molecule has 8 heteroatoms. The van der Waals surface area contributed by atoms with Gasteiger partial charge < -0.3 is 34.6 Å². The Labute approximate surface area is 57.9 Å². The van der Waals surface area contributed by atoms with Crippen molar-refractivity contribution >= 4 is 11.9 Å². The van der Waals surface area contributed by atoms with E-state index in [1.807, 2.05) is 0 Å². The minimum absolute atomic E-state index is 0.0926. The predicted molar refractivity (Wildman–Crippen MR) is 40.0 cm³/mol. The Bertz CT molecular complexity index is 99.2. The van der Waals surface area contributed by atoms with Crippen LogP contribution in [0.2, 0.25) is 0 Å². The van der Waals surface area contributed by atoms with E-state index in [1.165, 1.54) is 0 Å². The molecule has 0 fully saturated rings. The number of rotatable bonds is 0. The lowest BCUT2D eigenvalue weighted by molar-refractivity contribution is 1.21. The second-order valence-electron chi connectivity index (χ2n) is 1.11. The first-order valence-electron chi connectivity index (χ1n) is 2.12. The third-order valence-corrected chi connectivity index (χ3v) is 0.298.